The van der Waals surface area contributed by atoms with Crippen molar-refractivity contribution in [2.75, 3.05) is 5.32 Å². The summed E-state index contributed by atoms with van der Waals surface area (Å²) in [6.45, 7) is 3.40. The number of amides is 1. The predicted molar refractivity (Wildman–Crippen MR) is 74.8 cm³/mol. The van der Waals surface area contributed by atoms with Gasteiger partial charge in [0.2, 0.25) is 0 Å². The molecule has 0 unspecified atom stereocenters. The van der Waals surface area contributed by atoms with Gasteiger partial charge in [0.1, 0.15) is 0 Å². The Morgan fingerprint density at radius 1 is 1.25 bits per heavy atom. The van der Waals surface area contributed by atoms with Crippen molar-refractivity contribution in [1.29, 1.82) is 0 Å². The van der Waals surface area contributed by atoms with E-state index in [1.807, 2.05) is 6.92 Å². The Morgan fingerprint density at radius 3 is 2.60 bits per heavy atom. The Morgan fingerprint density at radius 2 is 2.00 bits per heavy atom. The van der Waals surface area contributed by atoms with E-state index in [2.05, 4.69) is 10.3 Å². The lowest BCUT2D eigenvalue weighted by Gasteiger charge is -2.07. The minimum atomic E-state index is -0.500. The van der Waals surface area contributed by atoms with E-state index in [0.717, 1.165) is 5.69 Å². The maximum absolute atomic E-state index is 12.1. The molecule has 6 heteroatoms. The summed E-state index contributed by atoms with van der Waals surface area (Å²) in [6.07, 6.45) is 1.54. The largest absolute Gasteiger partial charge is 0.321 e. The second-order valence-electron chi connectivity index (χ2n) is 4.35. The fourth-order valence-electron chi connectivity index (χ4n) is 1.81. The number of hydrogen-bond donors (Lipinski definition) is 1. The Kier molecular flexibility index (Phi) is 3.74. The zero-order valence-electron chi connectivity index (χ0n) is 11.1. The molecule has 0 aliphatic rings. The number of aryl methyl sites for hydroxylation is 1. The summed E-state index contributed by atoms with van der Waals surface area (Å²) in [7, 11) is 0. The van der Waals surface area contributed by atoms with E-state index in [1.165, 1.54) is 12.1 Å². The molecular weight excluding hydrogens is 258 g/mol. The number of anilines is 1. The molecule has 0 atom stereocenters. The van der Waals surface area contributed by atoms with Gasteiger partial charge in [0, 0.05) is 22.9 Å². The highest BCUT2D eigenvalue weighted by Gasteiger charge is 2.17. The molecule has 1 heterocycles. The number of pyridine rings is 1. The summed E-state index contributed by atoms with van der Waals surface area (Å²) in [4.78, 5) is 26.6. The van der Waals surface area contributed by atoms with Gasteiger partial charge < -0.3 is 5.32 Å². The lowest BCUT2D eigenvalue weighted by Crippen LogP contribution is -2.14. The third-order valence-corrected chi connectivity index (χ3v) is 2.92. The highest BCUT2D eigenvalue weighted by molar-refractivity contribution is 6.05. The van der Waals surface area contributed by atoms with Crippen molar-refractivity contribution in [2.24, 2.45) is 0 Å². The number of benzene rings is 1. The first-order valence-corrected chi connectivity index (χ1v) is 5.97. The van der Waals surface area contributed by atoms with Gasteiger partial charge in [-0.05, 0) is 32.0 Å². The maximum atomic E-state index is 12.1. The van der Waals surface area contributed by atoms with Crippen molar-refractivity contribution in [3.05, 3.63) is 63.5 Å². The molecule has 0 fully saturated rings. The highest BCUT2D eigenvalue weighted by atomic mass is 16.6. The van der Waals surface area contributed by atoms with Crippen LogP contribution in [0.1, 0.15) is 21.6 Å². The van der Waals surface area contributed by atoms with E-state index >= 15 is 0 Å². The second-order valence-corrected chi connectivity index (χ2v) is 4.35. The first-order valence-electron chi connectivity index (χ1n) is 5.97. The Labute approximate surface area is 115 Å². The molecule has 0 bridgehead atoms. The van der Waals surface area contributed by atoms with Crippen molar-refractivity contribution >= 4 is 17.3 Å². The molecule has 1 N–H and O–H groups in total. The van der Waals surface area contributed by atoms with E-state index in [0.29, 0.717) is 11.3 Å². The zero-order valence-corrected chi connectivity index (χ0v) is 11.1. The van der Waals surface area contributed by atoms with Crippen LogP contribution in [0.4, 0.5) is 11.4 Å². The molecule has 0 saturated carbocycles. The van der Waals surface area contributed by atoms with Crippen LogP contribution in [0.5, 0.6) is 0 Å². The van der Waals surface area contributed by atoms with E-state index < -0.39 is 10.8 Å². The second kappa shape index (κ2) is 5.48. The molecular formula is C14H13N3O3. The molecule has 1 aromatic heterocycles. The normalized spacial score (nSPS) is 10.1. The SMILES string of the molecule is Cc1ccc(NC(=O)c2cccc([N+](=O)[O-])c2C)cn1. The average molecular weight is 271 g/mol. The monoisotopic (exact) mass is 271 g/mol. The summed E-state index contributed by atoms with van der Waals surface area (Å²) < 4.78 is 0. The van der Waals surface area contributed by atoms with Gasteiger partial charge in [-0.1, -0.05) is 6.07 Å². The quantitative estimate of drug-likeness (QED) is 0.687. The summed E-state index contributed by atoms with van der Waals surface area (Å²) in [6, 6.07) is 7.93. The number of carbonyl (C=O) groups is 1. The zero-order chi connectivity index (χ0) is 14.7. The van der Waals surface area contributed by atoms with Crippen LogP contribution in [-0.4, -0.2) is 15.8 Å². The van der Waals surface area contributed by atoms with Crippen LogP contribution in [-0.2, 0) is 0 Å². The van der Waals surface area contributed by atoms with E-state index in [9.17, 15) is 14.9 Å². The standard InChI is InChI=1S/C14H13N3O3/c1-9-6-7-11(8-15-9)16-14(18)12-4-3-5-13(10(12)2)17(19)20/h3-8H,1-2H3,(H,16,18). The highest BCUT2D eigenvalue weighted by Crippen LogP contribution is 2.21. The van der Waals surface area contributed by atoms with Crippen molar-refractivity contribution < 1.29 is 9.72 Å². The molecule has 20 heavy (non-hydrogen) atoms. The third-order valence-electron chi connectivity index (χ3n) is 2.92. The topological polar surface area (TPSA) is 85.1 Å². The fraction of sp³-hybridized carbons (Fsp3) is 0.143. The van der Waals surface area contributed by atoms with Gasteiger partial charge in [-0.25, -0.2) is 0 Å². The Hall–Kier alpha value is -2.76. The third kappa shape index (κ3) is 2.80. The van der Waals surface area contributed by atoms with Gasteiger partial charge in [0.15, 0.2) is 0 Å². The maximum Gasteiger partial charge on any atom is 0.273 e. The molecule has 0 spiro atoms. The molecule has 1 amide bonds. The first kappa shape index (κ1) is 13.7. The number of nitrogens with zero attached hydrogens (tertiary/aromatic N) is 2. The lowest BCUT2D eigenvalue weighted by molar-refractivity contribution is -0.385. The van der Waals surface area contributed by atoms with Crippen molar-refractivity contribution in [3.63, 3.8) is 0 Å². The number of nitro groups is 1. The van der Waals surface area contributed by atoms with Gasteiger partial charge in [-0.2, -0.15) is 0 Å². The molecule has 1 aromatic carbocycles. The summed E-state index contributed by atoms with van der Waals surface area (Å²) in [5.74, 6) is -0.392. The molecule has 2 aromatic rings. The number of nitro benzene ring substituents is 1. The van der Waals surface area contributed by atoms with Gasteiger partial charge in [-0.3, -0.25) is 19.9 Å². The first-order chi connectivity index (χ1) is 9.49. The van der Waals surface area contributed by atoms with Crippen LogP contribution in [0.25, 0.3) is 0 Å². The van der Waals surface area contributed by atoms with Gasteiger partial charge in [-0.15, -0.1) is 0 Å². The van der Waals surface area contributed by atoms with Gasteiger partial charge >= 0.3 is 0 Å². The number of nitrogens with one attached hydrogen (secondary N) is 1. The van der Waals surface area contributed by atoms with Crippen LogP contribution in [0.15, 0.2) is 36.5 Å². The summed E-state index contributed by atoms with van der Waals surface area (Å²) in [5.41, 5.74) is 1.94. The van der Waals surface area contributed by atoms with Crippen LogP contribution >= 0.6 is 0 Å². The summed E-state index contributed by atoms with van der Waals surface area (Å²) in [5, 5.41) is 13.5. The number of carbonyl (C=O) groups excluding carboxylic acids is 1. The Bertz CT molecular complexity index is 666. The van der Waals surface area contributed by atoms with Crippen LogP contribution in [0.3, 0.4) is 0 Å². The molecule has 102 valence electrons. The van der Waals surface area contributed by atoms with Gasteiger partial charge in [0.25, 0.3) is 11.6 Å². The van der Waals surface area contributed by atoms with Crippen LogP contribution in [0, 0.1) is 24.0 Å². The molecule has 0 aliphatic heterocycles. The molecule has 0 radical (unpaired) electrons. The average Bonchev–Trinajstić information content (AvgIpc) is 2.41. The van der Waals surface area contributed by atoms with Crippen molar-refractivity contribution in [3.8, 4) is 0 Å². The lowest BCUT2D eigenvalue weighted by atomic mass is 10.1. The van der Waals surface area contributed by atoms with Crippen molar-refractivity contribution in [1.82, 2.24) is 4.98 Å². The van der Waals surface area contributed by atoms with Gasteiger partial charge in [0.05, 0.1) is 16.8 Å². The molecule has 0 aliphatic carbocycles. The fourth-order valence-corrected chi connectivity index (χ4v) is 1.81. The number of hydrogen-bond acceptors (Lipinski definition) is 4. The predicted octanol–water partition coefficient (Wildman–Crippen LogP) is 2.86. The molecule has 0 saturated heterocycles. The number of rotatable bonds is 3. The minimum absolute atomic E-state index is 0.0697. The van der Waals surface area contributed by atoms with E-state index in [1.54, 1.807) is 31.3 Å². The van der Waals surface area contributed by atoms with E-state index in [-0.39, 0.29) is 11.3 Å². The summed E-state index contributed by atoms with van der Waals surface area (Å²) >= 11 is 0. The molecule has 2 rings (SSSR count). The minimum Gasteiger partial charge on any atom is -0.321 e. The smallest absolute Gasteiger partial charge is 0.273 e. The van der Waals surface area contributed by atoms with Crippen LogP contribution in [0.2, 0.25) is 0 Å². The Balaban J connectivity index is 2.28. The van der Waals surface area contributed by atoms with Crippen LogP contribution < -0.4 is 5.32 Å². The van der Waals surface area contributed by atoms with E-state index in [4.69, 9.17) is 0 Å². The van der Waals surface area contributed by atoms with Crippen molar-refractivity contribution in [2.45, 2.75) is 13.8 Å². The molecule has 6 nitrogen and oxygen atoms in total. The number of aromatic nitrogens is 1.